The van der Waals surface area contributed by atoms with Crippen LogP contribution in [0.25, 0.3) is 0 Å². The van der Waals surface area contributed by atoms with Crippen LogP contribution >= 0.6 is 0 Å². The summed E-state index contributed by atoms with van der Waals surface area (Å²) in [4.78, 5) is 54.8. The summed E-state index contributed by atoms with van der Waals surface area (Å²) in [6.07, 6.45) is 7.45. The summed E-state index contributed by atoms with van der Waals surface area (Å²) in [5.41, 5.74) is -1.78. The lowest BCUT2D eigenvalue weighted by atomic mass is 10.0. The third-order valence-electron chi connectivity index (χ3n) is 7.82. The molecule has 0 bridgehead atoms. The summed E-state index contributed by atoms with van der Waals surface area (Å²) >= 11 is 0. The molecule has 0 radical (unpaired) electrons. The number of ether oxygens (including phenoxy) is 1. The average molecular weight is 629 g/mol. The van der Waals surface area contributed by atoms with Gasteiger partial charge in [-0.05, 0) is 83.6 Å². The molecule has 1 saturated heterocycles. The topological polar surface area (TPSA) is 187 Å². The highest BCUT2D eigenvalue weighted by molar-refractivity contribution is 7.91. The second-order valence-corrected chi connectivity index (χ2v) is 13.9. The van der Waals surface area contributed by atoms with Crippen molar-refractivity contribution >= 4 is 39.7 Å². The Kier molecular flexibility index (Phi) is 9.88. The van der Waals surface area contributed by atoms with E-state index in [0.29, 0.717) is 44.2 Å². The molecule has 4 amide bonds. The van der Waals surface area contributed by atoms with E-state index in [2.05, 4.69) is 15.4 Å². The molecule has 4 N–H and O–H groups in total. The molecule has 2 fully saturated rings. The number of anilines is 1. The number of hydrogen-bond donors (Lipinski definition) is 4. The van der Waals surface area contributed by atoms with Gasteiger partial charge in [0.1, 0.15) is 23.2 Å². The van der Waals surface area contributed by atoms with Crippen LogP contribution in [-0.2, 0) is 29.3 Å². The fraction of sp³-hybridized carbons (Fsp3) is 0.567. The molecule has 1 aromatic rings. The van der Waals surface area contributed by atoms with Gasteiger partial charge in [0.15, 0.2) is 0 Å². The number of carbonyl (C=O) groups is 4. The Bertz CT molecular complexity index is 1450. The zero-order chi connectivity index (χ0) is 32.1. The first-order chi connectivity index (χ1) is 20.7. The van der Waals surface area contributed by atoms with Crippen LogP contribution in [0.2, 0.25) is 0 Å². The summed E-state index contributed by atoms with van der Waals surface area (Å²) in [7, 11) is -4.38. The van der Waals surface area contributed by atoms with Gasteiger partial charge in [0.05, 0.1) is 17.3 Å². The van der Waals surface area contributed by atoms with Gasteiger partial charge in [-0.3, -0.25) is 19.1 Å². The predicted molar refractivity (Wildman–Crippen MR) is 161 cm³/mol. The second kappa shape index (κ2) is 13.3. The Balaban J connectivity index is 1.52. The van der Waals surface area contributed by atoms with Crippen molar-refractivity contribution in [2.24, 2.45) is 5.92 Å². The third kappa shape index (κ3) is 8.28. The van der Waals surface area contributed by atoms with Gasteiger partial charge in [0, 0.05) is 12.5 Å². The molecule has 2 heterocycles. The summed E-state index contributed by atoms with van der Waals surface area (Å²) in [5.74, 6) is -2.30. The third-order valence-corrected chi connectivity index (χ3v) is 8.78. The van der Waals surface area contributed by atoms with E-state index in [1.807, 2.05) is 22.9 Å². The zero-order valence-electron chi connectivity index (χ0n) is 25.2. The highest BCUT2D eigenvalue weighted by atomic mass is 32.2. The van der Waals surface area contributed by atoms with Crippen LogP contribution in [0.4, 0.5) is 10.5 Å². The molecule has 13 nitrogen and oxygen atoms in total. The number of nitriles is 1. The van der Waals surface area contributed by atoms with Crippen molar-refractivity contribution in [2.75, 3.05) is 11.3 Å². The molecule has 14 heteroatoms. The number of amides is 4. The average Bonchev–Trinajstić information content (AvgIpc) is 3.40. The lowest BCUT2D eigenvalue weighted by molar-refractivity contribution is -0.141. The Labute approximate surface area is 257 Å². The van der Waals surface area contributed by atoms with E-state index in [0.717, 1.165) is 12.8 Å². The molecule has 44 heavy (non-hydrogen) atoms. The zero-order valence-corrected chi connectivity index (χ0v) is 26.0. The molecule has 4 atom stereocenters. The number of fused-ring (bicyclic) bond motifs is 2. The number of allylic oxidation sites excluding steroid dienone is 1. The van der Waals surface area contributed by atoms with E-state index < -0.39 is 63.2 Å². The first-order valence-corrected chi connectivity index (χ1v) is 16.4. The molecule has 1 aliphatic carbocycles. The molecule has 1 aromatic carbocycles. The van der Waals surface area contributed by atoms with Gasteiger partial charge in [-0.1, -0.05) is 25.0 Å². The second-order valence-electron chi connectivity index (χ2n) is 12.5. The number of nitrogens with zero attached hydrogens (tertiary/aromatic N) is 2. The molecule has 0 aromatic heterocycles. The van der Waals surface area contributed by atoms with Gasteiger partial charge in [0.25, 0.3) is 5.91 Å². The molecule has 2 aliphatic heterocycles. The minimum absolute atomic E-state index is 0.148. The molecule has 238 valence electrons. The summed E-state index contributed by atoms with van der Waals surface area (Å²) in [6.45, 7) is 5.48. The van der Waals surface area contributed by atoms with Crippen molar-refractivity contribution < 1.29 is 32.3 Å². The lowest BCUT2D eigenvalue weighted by Crippen LogP contribution is -2.58. The number of rotatable bonds is 5. The highest BCUT2D eigenvalue weighted by Gasteiger charge is 2.61. The lowest BCUT2D eigenvalue weighted by Gasteiger charge is -2.30. The first-order valence-electron chi connectivity index (χ1n) is 14.9. The number of alkyl carbamates (subject to hydrolysis) is 1. The smallest absolute Gasteiger partial charge is 0.408 e. The first kappa shape index (κ1) is 32.8. The van der Waals surface area contributed by atoms with Crippen molar-refractivity contribution in [2.45, 2.75) is 95.4 Å². The standard InChI is InChI=1S/C30H40N6O7S/c1-29(2,3)43-28(40)32-23-11-8-6-4-5-7-10-21-18-30(21,33-25(37)24-12-9-17-36(24)26(23)38)27(39)35-44(41,42)34-22-15-13-20(19-31)14-16-22/h7,10,13-16,21,23-24,34H,4-6,8-9,11-12,17-18H2,1-3H3,(H,32,40)(H,33,37)(H,35,39)/b10-7-/t21-,23+,24+,30-/m1/s1. The largest absolute Gasteiger partial charge is 0.444 e. The van der Waals surface area contributed by atoms with E-state index in [9.17, 15) is 27.6 Å². The number of hydrogen-bond acceptors (Lipinski definition) is 8. The van der Waals surface area contributed by atoms with Crippen molar-refractivity contribution in [3.8, 4) is 6.07 Å². The van der Waals surface area contributed by atoms with E-state index in [1.54, 1.807) is 20.8 Å². The normalized spacial score (nSPS) is 26.8. The van der Waals surface area contributed by atoms with Crippen LogP contribution in [0.1, 0.15) is 77.7 Å². The Morgan fingerprint density at radius 1 is 1.09 bits per heavy atom. The fourth-order valence-electron chi connectivity index (χ4n) is 5.55. The van der Waals surface area contributed by atoms with Gasteiger partial charge >= 0.3 is 16.3 Å². The van der Waals surface area contributed by atoms with Gasteiger partial charge in [-0.15, -0.1) is 0 Å². The van der Waals surface area contributed by atoms with Gasteiger partial charge in [-0.25, -0.2) is 9.52 Å². The maximum atomic E-state index is 13.7. The molecule has 4 rings (SSSR count). The van der Waals surface area contributed by atoms with E-state index in [-0.39, 0.29) is 12.1 Å². The number of benzene rings is 1. The maximum absolute atomic E-state index is 13.7. The van der Waals surface area contributed by atoms with E-state index in [4.69, 9.17) is 10.00 Å². The van der Waals surface area contributed by atoms with Gasteiger partial charge < -0.3 is 20.3 Å². The Hall–Kier alpha value is -4.12. The van der Waals surface area contributed by atoms with Gasteiger partial charge in [0.2, 0.25) is 11.8 Å². The van der Waals surface area contributed by atoms with Crippen molar-refractivity contribution in [1.29, 1.82) is 5.26 Å². The quantitative estimate of drug-likeness (QED) is 0.358. The van der Waals surface area contributed by atoms with Gasteiger partial charge in [-0.2, -0.15) is 13.7 Å². The molecule has 1 saturated carbocycles. The van der Waals surface area contributed by atoms with Crippen LogP contribution in [-0.4, -0.2) is 66.9 Å². The van der Waals surface area contributed by atoms with Crippen LogP contribution in [0.3, 0.4) is 0 Å². The van der Waals surface area contributed by atoms with Crippen molar-refractivity contribution in [1.82, 2.24) is 20.3 Å². The van der Waals surface area contributed by atoms with Crippen LogP contribution in [0, 0.1) is 17.2 Å². The Morgan fingerprint density at radius 3 is 2.50 bits per heavy atom. The fourth-order valence-corrected chi connectivity index (χ4v) is 6.47. The monoisotopic (exact) mass is 628 g/mol. The summed E-state index contributed by atoms with van der Waals surface area (Å²) in [6, 6.07) is 5.82. The Morgan fingerprint density at radius 2 is 1.82 bits per heavy atom. The molecular weight excluding hydrogens is 588 g/mol. The number of carbonyl (C=O) groups excluding carboxylic acids is 4. The number of nitrogens with one attached hydrogen (secondary N) is 4. The summed E-state index contributed by atoms with van der Waals surface area (Å²) in [5, 5.41) is 14.4. The highest BCUT2D eigenvalue weighted by Crippen LogP contribution is 2.45. The predicted octanol–water partition coefficient (Wildman–Crippen LogP) is 2.61. The summed E-state index contributed by atoms with van der Waals surface area (Å²) < 4.78 is 35.4. The van der Waals surface area contributed by atoms with Crippen LogP contribution < -0.4 is 20.1 Å². The van der Waals surface area contributed by atoms with E-state index >= 15 is 0 Å². The van der Waals surface area contributed by atoms with Crippen LogP contribution in [0.15, 0.2) is 36.4 Å². The van der Waals surface area contributed by atoms with Crippen molar-refractivity contribution in [3.63, 3.8) is 0 Å². The van der Waals surface area contributed by atoms with E-state index in [1.165, 1.54) is 29.2 Å². The molecule has 0 spiro atoms. The minimum atomic E-state index is -4.38. The van der Waals surface area contributed by atoms with Crippen molar-refractivity contribution in [3.05, 3.63) is 42.0 Å². The SMILES string of the molecule is CC(C)(C)OC(=O)N[C@H]1CCCCC/C=C\[C@@H]2C[C@@]2(C(=O)NS(=O)(=O)Nc2ccc(C#N)cc2)NC(=O)[C@@H]2CCCN2C1=O. The molecule has 0 unspecified atom stereocenters. The molecule has 3 aliphatic rings. The maximum Gasteiger partial charge on any atom is 0.408 e. The minimum Gasteiger partial charge on any atom is -0.444 e. The molecular formula is C30H40N6O7S. The van der Waals surface area contributed by atoms with Crippen LogP contribution in [0.5, 0.6) is 0 Å².